The van der Waals surface area contributed by atoms with Crippen molar-refractivity contribution >= 4 is 43.9 Å². The second-order valence-electron chi connectivity index (χ2n) is 6.92. The second kappa shape index (κ2) is 9.97. The molecule has 3 rings (SSSR count). The van der Waals surface area contributed by atoms with Crippen LogP contribution in [-0.4, -0.2) is 33.4 Å². The lowest BCUT2D eigenvalue weighted by molar-refractivity contribution is -0.114. The van der Waals surface area contributed by atoms with Gasteiger partial charge in [0, 0.05) is 4.88 Å². The van der Waals surface area contributed by atoms with Gasteiger partial charge >= 0.3 is 5.97 Å². The molecule has 0 saturated carbocycles. The fraction of sp³-hybridized carbons (Fsp3) is 0.217. The molecule has 0 atom stereocenters. The first-order valence-corrected chi connectivity index (χ1v) is 12.2. The zero-order chi connectivity index (χ0) is 23.3. The van der Waals surface area contributed by atoms with E-state index in [4.69, 9.17) is 4.74 Å². The average Bonchev–Trinajstić information content (AvgIpc) is 3.06. The fourth-order valence-corrected chi connectivity index (χ4v) is 5.60. The summed E-state index contributed by atoms with van der Waals surface area (Å²) in [6, 6.07) is 16.3. The van der Waals surface area contributed by atoms with E-state index in [-0.39, 0.29) is 11.5 Å². The summed E-state index contributed by atoms with van der Waals surface area (Å²) in [6.45, 7) is 5.08. The summed E-state index contributed by atoms with van der Waals surface area (Å²) in [6.07, 6.45) is 0. The smallest absolute Gasteiger partial charge is 0.341 e. The van der Waals surface area contributed by atoms with Gasteiger partial charge in [-0.05, 0) is 50.6 Å². The number of aryl methyl sites for hydroxylation is 1. The van der Waals surface area contributed by atoms with E-state index < -0.39 is 28.4 Å². The number of nitrogens with one attached hydrogen (secondary N) is 1. The topological polar surface area (TPSA) is 92.8 Å². The number of esters is 1. The number of hydrogen-bond donors (Lipinski definition) is 1. The van der Waals surface area contributed by atoms with Crippen molar-refractivity contribution in [2.45, 2.75) is 25.7 Å². The summed E-state index contributed by atoms with van der Waals surface area (Å²) in [4.78, 5) is 26.3. The molecule has 1 N–H and O–H groups in total. The lowest BCUT2D eigenvalue weighted by Gasteiger charge is -2.24. The van der Waals surface area contributed by atoms with Crippen molar-refractivity contribution in [3.05, 3.63) is 76.7 Å². The van der Waals surface area contributed by atoms with Gasteiger partial charge < -0.3 is 10.1 Å². The van der Waals surface area contributed by atoms with Crippen LogP contribution >= 0.6 is 11.3 Å². The predicted octanol–water partition coefficient (Wildman–Crippen LogP) is 4.38. The SMILES string of the molecule is CCOC(=O)c1c(NC(=O)CN(c2ccccc2)S(=O)(=O)c2ccccc2)sc(C)c1C. The maximum Gasteiger partial charge on any atom is 0.341 e. The Bertz CT molecular complexity index is 1210. The molecule has 1 aromatic heterocycles. The van der Waals surface area contributed by atoms with Crippen LogP contribution in [0, 0.1) is 13.8 Å². The molecule has 9 heteroatoms. The van der Waals surface area contributed by atoms with Crippen LogP contribution in [0.4, 0.5) is 10.7 Å². The van der Waals surface area contributed by atoms with Gasteiger partial charge in [0.2, 0.25) is 5.91 Å². The second-order valence-corrected chi connectivity index (χ2v) is 10.0. The van der Waals surface area contributed by atoms with Crippen LogP contribution in [0.1, 0.15) is 27.7 Å². The third-order valence-electron chi connectivity index (χ3n) is 4.78. The predicted molar refractivity (Wildman–Crippen MR) is 126 cm³/mol. The van der Waals surface area contributed by atoms with Gasteiger partial charge in [-0.1, -0.05) is 36.4 Å². The molecule has 0 radical (unpaired) electrons. The van der Waals surface area contributed by atoms with E-state index in [1.54, 1.807) is 62.4 Å². The third kappa shape index (κ3) is 5.00. The third-order valence-corrected chi connectivity index (χ3v) is 7.69. The number of carbonyl (C=O) groups is 2. The van der Waals surface area contributed by atoms with Crippen molar-refractivity contribution in [1.82, 2.24) is 0 Å². The molecule has 0 saturated heterocycles. The number of hydrogen-bond acceptors (Lipinski definition) is 6. The summed E-state index contributed by atoms with van der Waals surface area (Å²) < 4.78 is 32.8. The Kier molecular flexibility index (Phi) is 7.32. The van der Waals surface area contributed by atoms with Gasteiger partial charge in [-0.3, -0.25) is 9.10 Å². The van der Waals surface area contributed by atoms with E-state index in [0.717, 1.165) is 14.7 Å². The molecule has 0 bridgehead atoms. The average molecular weight is 473 g/mol. The molecule has 2 aromatic carbocycles. The number of nitrogens with zero attached hydrogens (tertiary/aromatic N) is 1. The number of carbonyl (C=O) groups excluding carboxylic acids is 2. The molecular formula is C23H24N2O5S2. The zero-order valence-electron chi connectivity index (χ0n) is 18.0. The van der Waals surface area contributed by atoms with Crippen molar-refractivity contribution in [3.8, 4) is 0 Å². The van der Waals surface area contributed by atoms with Gasteiger partial charge in [0.05, 0.1) is 22.8 Å². The Morgan fingerprint density at radius 3 is 2.19 bits per heavy atom. The minimum Gasteiger partial charge on any atom is -0.462 e. The number of thiophene rings is 1. The van der Waals surface area contributed by atoms with Crippen LogP contribution in [0.25, 0.3) is 0 Å². The number of para-hydroxylation sites is 1. The number of rotatable bonds is 8. The highest BCUT2D eigenvalue weighted by molar-refractivity contribution is 7.92. The first kappa shape index (κ1) is 23.5. The van der Waals surface area contributed by atoms with Crippen LogP contribution in [0.5, 0.6) is 0 Å². The molecule has 0 unspecified atom stereocenters. The molecular weight excluding hydrogens is 448 g/mol. The molecule has 32 heavy (non-hydrogen) atoms. The highest BCUT2D eigenvalue weighted by atomic mass is 32.2. The molecule has 3 aromatic rings. The number of ether oxygens (including phenoxy) is 1. The van der Waals surface area contributed by atoms with Gasteiger partial charge in [-0.15, -0.1) is 11.3 Å². The van der Waals surface area contributed by atoms with E-state index >= 15 is 0 Å². The Morgan fingerprint density at radius 2 is 1.59 bits per heavy atom. The van der Waals surface area contributed by atoms with Crippen LogP contribution in [0.2, 0.25) is 0 Å². The van der Waals surface area contributed by atoms with Gasteiger partial charge in [-0.25, -0.2) is 13.2 Å². The highest BCUT2D eigenvalue weighted by Gasteiger charge is 2.28. The van der Waals surface area contributed by atoms with Gasteiger partial charge in [0.15, 0.2) is 0 Å². The number of anilines is 2. The molecule has 0 spiro atoms. The number of amides is 1. The standard InChI is InChI=1S/C23H24N2O5S2/c1-4-30-23(27)21-16(2)17(3)31-22(21)24-20(26)15-25(18-11-7-5-8-12-18)32(28,29)19-13-9-6-10-14-19/h5-14H,4,15H2,1-3H3,(H,24,26). The van der Waals surface area contributed by atoms with E-state index in [2.05, 4.69) is 5.32 Å². The van der Waals surface area contributed by atoms with E-state index in [9.17, 15) is 18.0 Å². The van der Waals surface area contributed by atoms with Crippen molar-refractivity contribution in [2.24, 2.45) is 0 Å². The molecule has 0 fully saturated rings. The van der Waals surface area contributed by atoms with E-state index in [0.29, 0.717) is 16.3 Å². The van der Waals surface area contributed by atoms with E-state index in [1.807, 2.05) is 6.92 Å². The van der Waals surface area contributed by atoms with Crippen LogP contribution in [-0.2, 0) is 19.6 Å². The Morgan fingerprint density at radius 1 is 1.00 bits per heavy atom. The molecule has 7 nitrogen and oxygen atoms in total. The normalized spacial score (nSPS) is 11.1. The fourth-order valence-electron chi connectivity index (χ4n) is 3.09. The zero-order valence-corrected chi connectivity index (χ0v) is 19.6. The molecule has 1 heterocycles. The molecule has 0 aliphatic rings. The van der Waals surface area contributed by atoms with Gasteiger partial charge in [0.25, 0.3) is 10.0 Å². The number of benzene rings is 2. The van der Waals surface area contributed by atoms with Gasteiger partial charge in [-0.2, -0.15) is 0 Å². The monoisotopic (exact) mass is 472 g/mol. The maximum atomic E-state index is 13.3. The van der Waals surface area contributed by atoms with Crippen molar-refractivity contribution < 1.29 is 22.7 Å². The molecule has 168 valence electrons. The highest BCUT2D eigenvalue weighted by Crippen LogP contribution is 2.33. The first-order valence-electron chi connectivity index (χ1n) is 9.95. The lowest BCUT2D eigenvalue weighted by atomic mass is 10.1. The summed E-state index contributed by atoms with van der Waals surface area (Å²) in [5.41, 5.74) is 1.37. The van der Waals surface area contributed by atoms with Crippen molar-refractivity contribution in [3.63, 3.8) is 0 Å². The number of sulfonamides is 1. The van der Waals surface area contributed by atoms with Crippen LogP contribution in [0.15, 0.2) is 65.6 Å². The van der Waals surface area contributed by atoms with Crippen LogP contribution < -0.4 is 9.62 Å². The minimum atomic E-state index is -4.00. The summed E-state index contributed by atoms with van der Waals surface area (Å²) in [7, 11) is -4.00. The van der Waals surface area contributed by atoms with Crippen LogP contribution in [0.3, 0.4) is 0 Å². The summed E-state index contributed by atoms with van der Waals surface area (Å²) in [5.74, 6) is -1.10. The van der Waals surface area contributed by atoms with Gasteiger partial charge in [0.1, 0.15) is 11.5 Å². The Labute approximate surface area is 191 Å². The maximum absolute atomic E-state index is 13.3. The summed E-state index contributed by atoms with van der Waals surface area (Å²) in [5, 5.41) is 3.05. The summed E-state index contributed by atoms with van der Waals surface area (Å²) >= 11 is 1.25. The molecule has 0 aliphatic heterocycles. The molecule has 1 amide bonds. The Balaban J connectivity index is 1.93. The molecule has 0 aliphatic carbocycles. The largest absolute Gasteiger partial charge is 0.462 e. The Hall–Kier alpha value is -3.17. The first-order chi connectivity index (χ1) is 15.3. The lowest BCUT2D eigenvalue weighted by Crippen LogP contribution is -2.38. The minimum absolute atomic E-state index is 0.0756. The van der Waals surface area contributed by atoms with E-state index in [1.165, 1.54) is 23.5 Å². The van der Waals surface area contributed by atoms with Crippen molar-refractivity contribution in [1.29, 1.82) is 0 Å². The van der Waals surface area contributed by atoms with Crippen molar-refractivity contribution in [2.75, 3.05) is 22.8 Å². The quantitative estimate of drug-likeness (QED) is 0.491.